The van der Waals surface area contributed by atoms with Crippen molar-refractivity contribution in [3.05, 3.63) is 53.5 Å². The van der Waals surface area contributed by atoms with Gasteiger partial charge in [0.25, 0.3) is 5.91 Å². The number of aryl methyl sites for hydroxylation is 1. The molecule has 2 aromatic heterocycles. The van der Waals surface area contributed by atoms with Gasteiger partial charge in [0.2, 0.25) is 5.95 Å². The minimum absolute atomic E-state index is 0.0294. The molecule has 152 valence electrons. The Kier molecular flexibility index (Phi) is 5.79. The summed E-state index contributed by atoms with van der Waals surface area (Å²) in [5, 5.41) is 4.55. The van der Waals surface area contributed by atoms with E-state index in [0.29, 0.717) is 24.2 Å². The molecule has 0 bridgehead atoms. The fourth-order valence-corrected chi connectivity index (χ4v) is 4.24. The smallest absolute Gasteiger partial charge is 0.272 e. The second-order valence-corrected chi connectivity index (χ2v) is 7.81. The monoisotopic (exact) mass is 391 g/mol. The van der Waals surface area contributed by atoms with Crippen molar-refractivity contribution in [2.45, 2.75) is 52.0 Å². The van der Waals surface area contributed by atoms with Crippen molar-refractivity contribution in [3.8, 4) is 0 Å². The lowest BCUT2D eigenvalue weighted by molar-refractivity contribution is 0.0601. The van der Waals surface area contributed by atoms with Gasteiger partial charge in [0.1, 0.15) is 5.69 Å². The predicted octanol–water partition coefficient (Wildman–Crippen LogP) is 4.33. The molecule has 3 aromatic rings. The van der Waals surface area contributed by atoms with Gasteiger partial charge in [-0.25, -0.2) is 9.97 Å². The number of carbonyl (C=O) groups is 1. The number of nitrogens with zero attached hydrogens (tertiary/aromatic N) is 3. The van der Waals surface area contributed by atoms with Crippen molar-refractivity contribution in [2.75, 3.05) is 18.4 Å². The van der Waals surface area contributed by atoms with Gasteiger partial charge in [-0.05, 0) is 56.7 Å². The minimum Gasteiger partial charge on any atom is -0.361 e. The SMILES string of the molecule is CCC1CCCCN1C(=O)c1cc(C)nc(NCCc2c[nH]c3ccccc23)n1. The first kappa shape index (κ1) is 19.4. The Morgan fingerprint density at radius 2 is 2.14 bits per heavy atom. The molecular weight excluding hydrogens is 362 g/mol. The third-order valence-electron chi connectivity index (χ3n) is 5.78. The molecule has 29 heavy (non-hydrogen) atoms. The first-order valence-corrected chi connectivity index (χ1v) is 10.6. The van der Waals surface area contributed by atoms with Crippen LogP contribution in [0.5, 0.6) is 0 Å². The highest BCUT2D eigenvalue weighted by Crippen LogP contribution is 2.22. The Morgan fingerprint density at radius 1 is 1.28 bits per heavy atom. The van der Waals surface area contributed by atoms with Crippen LogP contribution < -0.4 is 5.32 Å². The zero-order valence-electron chi connectivity index (χ0n) is 17.2. The molecule has 4 rings (SSSR count). The minimum atomic E-state index is 0.0294. The van der Waals surface area contributed by atoms with E-state index >= 15 is 0 Å². The number of hydrogen-bond donors (Lipinski definition) is 2. The number of H-pyrrole nitrogens is 1. The number of hydrogen-bond acceptors (Lipinski definition) is 4. The molecule has 1 aliphatic heterocycles. The molecule has 0 aliphatic carbocycles. The van der Waals surface area contributed by atoms with Gasteiger partial charge < -0.3 is 15.2 Å². The number of rotatable bonds is 6. The van der Waals surface area contributed by atoms with E-state index in [-0.39, 0.29) is 5.91 Å². The lowest BCUT2D eigenvalue weighted by Gasteiger charge is -2.35. The number of nitrogens with one attached hydrogen (secondary N) is 2. The topological polar surface area (TPSA) is 73.9 Å². The lowest BCUT2D eigenvalue weighted by atomic mass is 9.99. The molecule has 1 atom stereocenters. The molecule has 6 heteroatoms. The van der Waals surface area contributed by atoms with Crippen LogP contribution in [-0.2, 0) is 6.42 Å². The van der Waals surface area contributed by atoms with Crippen LogP contribution in [0.25, 0.3) is 10.9 Å². The van der Waals surface area contributed by atoms with Crippen LogP contribution in [0.1, 0.15) is 54.4 Å². The van der Waals surface area contributed by atoms with E-state index in [9.17, 15) is 4.79 Å². The van der Waals surface area contributed by atoms with Gasteiger partial charge in [-0.2, -0.15) is 0 Å². The van der Waals surface area contributed by atoms with Gasteiger partial charge in [0.15, 0.2) is 0 Å². The third kappa shape index (κ3) is 4.26. The highest BCUT2D eigenvalue weighted by Gasteiger charge is 2.27. The molecular formula is C23H29N5O. The van der Waals surface area contributed by atoms with E-state index in [1.165, 1.54) is 17.4 Å². The van der Waals surface area contributed by atoms with E-state index < -0.39 is 0 Å². The highest BCUT2D eigenvalue weighted by molar-refractivity contribution is 5.93. The van der Waals surface area contributed by atoms with Gasteiger partial charge in [0.05, 0.1) is 0 Å². The summed E-state index contributed by atoms with van der Waals surface area (Å²) in [7, 11) is 0. The average molecular weight is 392 g/mol. The Bertz CT molecular complexity index is 996. The number of anilines is 1. The van der Waals surface area contributed by atoms with Crippen molar-refractivity contribution in [3.63, 3.8) is 0 Å². The fraction of sp³-hybridized carbons (Fsp3) is 0.435. The molecule has 0 spiro atoms. The van der Waals surface area contributed by atoms with Gasteiger partial charge in [-0.3, -0.25) is 4.79 Å². The zero-order chi connectivity index (χ0) is 20.2. The number of likely N-dealkylation sites (tertiary alicyclic amines) is 1. The Balaban J connectivity index is 1.44. The number of benzene rings is 1. The van der Waals surface area contributed by atoms with Crippen LogP contribution >= 0.6 is 0 Å². The van der Waals surface area contributed by atoms with Crippen molar-refractivity contribution < 1.29 is 4.79 Å². The average Bonchev–Trinajstić information content (AvgIpc) is 3.16. The summed E-state index contributed by atoms with van der Waals surface area (Å²) < 4.78 is 0. The number of para-hydroxylation sites is 1. The molecule has 0 radical (unpaired) electrons. The molecule has 1 unspecified atom stereocenters. The van der Waals surface area contributed by atoms with Gasteiger partial charge in [0, 0.05) is 41.9 Å². The maximum absolute atomic E-state index is 13.1. The van der Waals surface area contributed by atoms with E-state index in [1.807, 2.05) is 17.9 Å². The summed E-state index contributed by atoms with van der Waals surface area (Å²) in [6.07, 6.45) is 7.26. The fourth-order valence-electron chi connectivity index (χ4n) is 4.24. The number of aromatic amines is 1. The van der Waals surface area contributed by atoms with Crippen LogP contribution in [0, 0.1) is 6.92 Å². The summed E-state index contributed by atoms with van der Waals surface area (Å²) in [6.45, 7) is 5.60. The Morgan fingerprint density at radius 3 is 3.00 bits per heavy atom. The lowest BCUT2D eigenvalue weighted by Crippen LogP contribution is -2.43. The second-order valence-electron chi connectivity index (χ2n) is 7.81. The first-order chi connectivity index (χ1) is 14.2. The van der Waals surface area contributed by atoms with Crippen LogP contribution in [0.2, 0.25) is 0 Å². The molecule has 1 saturated heterocycles. The molecule has 1 amide bonds. The molecule has 0 saturated carbocycles. The van der Waals surface area contributed by atoms with Crippen LogP contribution in [0.15, 0.2) is 36.5 Å². The number of piperidine rings is 1. The van der Waals surface area contributed by atoms with Crippen LogP contribution in [-0.4, -0.2) is 44.9 Å². The normalized spacial score (nSPS) is 16.9. The summed E-state index contributed by atoms with van der Waals surface area (Å²) in [5.41, 5.74) is 3.71. The summed E-state index contributed by atoms with van der Waals surface area (Å²) in [5.74, 6) is 0.556. The number of carbonyl (C=O) groups excluding carboxylic acids is 1. The predicted molar refractivity (Wildman–Crippen MR) is 116 cm³/mol. The van der Waals surface area contributed by atoms with Gasteiger partial charge >= 0.3 is 0 Å². The van der Waals surface area contributed by atoms with Crippen LogP contribution in [0.3, 0.4) is 0 Å². The van der Waals surface area contributed by atoms with E-state index in [2.05, 4.69) is 51.6 Å². The molecule has 1 aromatic carbocycles. The van der Waals surface area contributed by atoms with E-state index in [0.717, 1.165) is 43.4 Å². The Labute approximate surface area is 171 Å². The standard InChI is InChI=1S/C23H29N5O/c1-3-18-8-6-7-13-28(18)22(29)21-14-16(2)26-23(27-21)24-12-11-17-15-25-20-10-5-4-9-19(17)20/h4-5,9-10,14-15,18,25H,3,6-8,11-13H2,1-2H3,(H,24,26,27). The summed E-state index contributed by atoms with van der Waals surface area (Å²) in [4.78, 5) is 27.4. The maximum atomic E-state index is 13.1. The first-order valence-electron chi connectivity index (χ1n) is 10.6. The van der Waals surface area contributed by atoms with Crippen molar-refractivity contribution >= 4 is 22.8 Å². The van der Waals surface area contributed by atoms with Crippen molar-refractivity contribution in [1.29, 1.82) is 0 Å². The van der Waals surface area contributed by atoms with Crippen molar-refractivity contribution in [1.82, 2.24) is 19.9 Å². The highest BCUT2D eigenvalue weighted by atomic mass is 16.2. The van der Waals surface area contributed by atoms with Gasteiger partial charge in [-0.15, -0.1) is 0 Å². The largest absolute Gasteiger partial charge is 0.361 e. The number of amides is 1. The molecule has 1 fully saturated rings. The summed E-state index contributed by atoms with van der Waals surface area (Å²) in [6, 6.07) is 10.4. The molecule has 6 nitrogen and oxygen atoms in total. The van der Waals surface area contributed by atoms with Crippen molar-refractivity contribution in [2.24, 2.45) is 0 Å². The van der Waals surface area contributed by atoms with E-state index in [4.69, 9.17) is 0 Å². The van der Waals surface area contributed by atoms with E-state index in [1.54, 1.807) is 6.07 Å². The summed E-state index contributed by atoms with van der Waals surface area (Å²) >= 11 is 0. The second kappa shape index (κ2) is 8.64. The molecule has 1 aliphatic rings. The zero-order valence-corrected chi connectivity index (χ0v) is 17.2. The Hall–Kier alpha value is -2.89. The number of fused-ring (bicyclic) bond motifs is 1. The quantitative estimate of drug-likeness (QED) is 0.656. The third-order valence-corrected chi connectivity index (χ3v) is 5.78. The maximum Gasteiger partial charge on any atom is 0.272 e. The van der Waals surface area contributed by atoms with Gasteiger partial charge in [-0.1, -0.05) is 25.1 Å². The number of aromatic nitrogens is 3. The molecule has 3 heterocycles. The van der Waals surface area contributed by atoms with Crippen LogP contribution in [0.4, 0.5) is 5.95 Å². The molecule has 2 N–H and O–H groups in total.